The van der Waals surface area contributed by atoms with E-state index in [1.54, 1.807) is 29.7 Å². The minimum atomic E-state index is -0.629. The molecule has 3 aromatic heterocycles. The lowest BCUT2D eigenvalue weighted by Gasteiger charge is -2.34. The first-order chi connectivity index (χ1) is 18.9. The molecule has 5 heterocycles. The number of fused-ring (bicyclic) bond motifs is 5. The second kappa shape index (κ2) is 11.0. The van der Waals surface area contributed by atoms with Crippen LogP contribution in [-0.2, 0) is 22.4 Å². The van der Waals surface area contributed by atoms with Crippen molar-refractivity contribution in [3.05, 3.63) is 17.5 Å². The molecule has 1 N–H and O–H groups in total. The molecule has 3 aliphatic rings. The maximum atomic E-state index is 11.6. The average molecular weight is 554 g/mol. The second-order valence-corrected chi connectivity index (χ2v) is 12.6. The number of carbonyl (C=O) groups is 1. The fourth-order valence-corrected chi connectivity index (χ4v) is 7.25. The number of rotatable bonds is 7. The van der Waals surface area contributed by atoms with Crippen LogP contribution >= 0.6 is 11.3 Å². The number of nitrogens with zero attached hydrogens (tertiary/aromatic N) is 6. The SMILES string of the molecule is CCOC(=O)ON1CCN(CCNc2ncnc3c2sc2nc(N4CCCC4)c4c(c23)CC(C)(C)CC4)CC1. The van der Waals surface area contributed by atoms with Crippen molar-refractivity contribution < 1.29 is 14.4 Å². The number of ether oxygens (including phenoxy) is 1. The van der Waals surface area contributed by atoms with Gasteiger partial charge in [0.1, 0.15) is 22.8 Å². The van der Waals surface area contributed by atoms with Crippen LogP contribution in [0, 0.1) is 5.41 Å². The lowest BCUT2D eigenvalue weighted by molar-refractivity contribution is -0.145. The predicted molar refractivity (Wildman–Crippen MR) is 155 cm³/mol. The summed E-state index contributed by atoms with van der Waals surface area (Å²) in [4.78, 5) is 37.5. The summed E-state index contributed by atoms with van der Waals surface area (Å²) in [5.41, 5.74) is 4.21. The number of hydrogen-bond acceptors (Lipinski definition) is 11. The number of thiophene rings is 1. The van der Waals surface area contributed by atoms with E-state index in [1.807, 2.05) is 0 Å². The topological polar surface area (TPSA) is 96.0 Å². The van der Waals surface area contributed by atoms with Crippen molar-refractivity contribution in [3.63, 3.8) is 0 Å². The maximum Gasteiger partial charge on any atom is 0.527 e. The molecule has 2 saturated heterocycles. The summed E-state index contributed by atoms with van der Waals surface area (Å²) in [6.45, 7) is 13.7. The van der Waals surface area contributed by atoms with E-state index in [4.69, 9.17) is 19.5 Å². The molecule has 39 heavy (non-hydrogen) atoms. The Morgan fingerprint density at radius 2 is 1.90 bits per heavy atom. The number of hydroxylamine groups is 2. The van der Waals surface area contributed by atoms with Crippen molar-refractivity contribution in [1.29, 1.82) is 0 Å². The van der Waals surface area contributed by atoms with Crippen LogP contribution in [-0.4, -0.2) is 90.0 Å². The molecule has 0 spiro atoms. The largest absolute Gasteiger partial charge is 0.527 e. The third kappa shape index (κ3) is 5.49. The van der Waals surface area contributed by atoms with Crippen molar-refractivity contribution in [2.45, 2.75) is 52.9 Å². The number of hydrogen-bond donors (Lipinski definition) is 1. The van der Waals surface area contributed by atoms with Gasteiger partial charge < -0.3 is 19.8 Å². The van der Waals surface area contributed by atoms with Crippen LogP contribution in [0.15, 0.2) is 6.33 Å². The van der Waals surface area contributed by atoms with Gasteiger partial charge in [-0.15, -0.1) is 16.4 Å². The summed E-state index contributed by atoms with van der Waals surface area (Å²) >= 11 is 1.72. The Hall–Kier alpha value is -2.76. The van der Waals surface area contributed by atoms with Crippen molar-refractivity contribution in [2.75, 3.05) is 69.2 Å². The van der Waals surface area contributed by atoms with Gasteiger partial charge in [-0.05, 0) is 55.6 Å². The van der Waals surface area contributed by atoms with Crippen LogP contribution in [0.25, 0.3) is 20.4 Å². The van der Waals surface area contributed by atoms with Gasteiger partial charge in [-0.1, -0.05) is 13.8 Å². The van der Waals surface area contributed by atoms with Crippen LogP contribution in [0.4, 0.5) is 16.4 Å². The van der Waals surface area contributed by atoms with Gasteiger partial charge in [-0.25, -0.2) is 19.7 Å². The number of piperazine rings is 1. The van der Waals surface area contributed by atoms with Crippen LogP contribution < -0.4 is 10.2 Å². The zero-order valence-corrected chi connectivity index (χ0v) is 24.1. The van der Waals surface area contributed by atoms with Crippen LogP contribution in [0.3, 0.4) is 0 Å². The molecule has 0 unspecified atom stereocenters. The van der Waals surface area contributed by atoms with E-state index in [1.165, 1.54) is 41.6 Å². The molecule has 2 aliphatic heterocycles. The fourth-order valence-electron chi connectivity index (χ4n) is 6.13. The van der Waals surface area contributed by atoms with Gasteiger partial charge in [0, 0.05) is 57.7 Å². The highest BCUT2D eigenvalue weighted by atomic mass is 32.1. The van der Waals surface area contributed by atoms with Gasteiger partial charge in [0.15, 0.2) is 0 Å². The van der Waals surface area contributed by atoms with E-state index in [2.05, 4.69) is 33.9 Å². The third-order valence-electron chi connectivity index (χ3n) is 8.23. The molecule has 0 aromatic carbocycles. The first kappa shape index (κ1) is 26.5. The summed E-state index contributed by atoms with van der Waals surface area (Å²) in [5, 5.41) is 6.50. The molecule has 0 amide bonds. The number of nitrogens with one attached hydrogen (secondary N) is 1. The summed E-state index contributed by atoms with van der Waals surface area (Å²) in [6.07, 6.45) is 6.91. The Morgan fingerprint density at radius 1 is 1.10 bits per heavy atom. The first-order valence-electron chi connectivity index (χ1n) is 14.3. The van der Waals surface area contributed by atoms with Crippen molar-refractivity contribution >= 4 is 49.6 Å². The molecule has 0 atom stereocenters. The Morgan fingerprint density at radius 3 is 2.67 bits per heavy atom. The van der Waals surface area contributed by atoms with Crippen molar-refractivity contribution in [1.82, 2.24) is 24.9 Å². The Kier molecular flexibility index (Phi) is 7.47. The Labute approximate surface area is 233 Å². The molecule has 11 heteroatoms. The maximum absolute atomic E-state index is 11.6. The third-order valence-corrected chi connectivity index (χ3v) is 9.31. The van der Waals surface area contributed by atoms with Crippen LogP contribution in [0.2, 0.25) is 0 Å². The summed E-state index contributed by atoms with van der Waals surface area (Å²) < 4.78 is 5.97. The molecular weight excluding hydrogens is 514 g/mol. The van der Waals surface area contributed by atoms with E-state index in [0.29, 0.717) is 19.7 Å². The Balaban J connectivity index is 1.20. The lowest BCUT2D eigenvalue weighted by Crippen LogP contribution is -2.48. The molecular formula is C28H39N7O3S. The molecule has 0 radical (unpaired) electrons. The standard InChI is InChI=1S/C28H39N7O3S/c1-4-37-27(36)38-35-15-13-33(14-16-35)12-9-29-24-23-22(30-18-31-24)21-20-17-28(2,3)8-7-19(20)25(32-26(21)39-23)34-10-5-6-11-34/h18H,4-17H2,1-3H3,(H,29,30,31). The molecule has 1 aliphatic carbocycles. The molecule has 10 nitrogen and oxygen atoms in total. The van der Waals surface area contributed by atoms with Gasteiger partial charge in [0.25, 0.3) is 0 Å². The van der Waals surface area contributed by atoms with E-state index in [-0.39, 0.29) is 5.41 Å². The number of aromatic nitrogens is 3. The zero-order valence-electron chi connectivity index (χ0n) is 23.3. The smallest absolute Gasteiger partial charge is 0.433 e. The van der Waals surface area contributed by atoms with Gasteiger partial charge in [-0.2, -0.15) is 0 Å². The highest BCUT2D eigenvalue weighted by Crippen LogP contribution is 2.46. The van der Waals surface area contributed by atoms with Gasteiger partial charge in [0.2, 0.25) is 0 Å². The number of pyridine rings is 1. The van der Waals surface area contributed by atoms with Crippen LogP contribution in [0.1, 0.15) is 51.2 Å². The minimum Gasteiger partial charge on any atom is -0.433 e. The van der Waals surface area contributed by atoms with E-state index < -0.39 is 6.16 Å². The van der Waals surface area contributed by atoms with E-state index in [0.717, 1.165) is 73.0 Å². The van der Waals surface area contributed by atoms with E-state index >= 15 is 0 Å². The molecule has 6 rings (SSSR count). The predicted octanol–water partition coefficient (Wildman–Crippen LogP) is 4.47. The highest BCUT2D eigenvalue weighted by molar-refractivity contribution is 7.26. The summed E-state index contributed by atoms with van der Waals surface area (Å²) in [7, 11) is 0. The van der Waals surface area contributed by atoms with Crippen molar-refractivity contribution in [2.24, 2.45) is 5.41 Å². The minimum absolute atomic E-state index is 0.275. The highest BCUT2D eigenvalue weighted by Gasteiger charge is 2.33. The van der Waals surface area contributed by atoms with Crippen LogP contribution in [0.5, 0.6) is 0 Å². The summed E-state index contributed by atoms with van der Waals surface area (Å²) in [5.74, 6) is 2.10. The molecule has 0 bridgehead atoms. The lowest BCUT2D eigenvalue weighted by atomic mass is 9.73. The fraction of sp³-hybridized carbons (Fsp3) is 0.643. The molecule has 0 saturated carbocycles. The molecule has 210 valence electrons. The normalized spacial score (nSPS) is 19.9. The first-order valence-corrected chi connectivity index (χ1v) is 15.1. The quantitative estimate of drug-likeness (QED) is 0.422. The number of anilines is 2. The average Bonchev–Trinajstić information content (AvgIpc) is 3.57. The van der Waals surface area contributed by atoms with E-state index in [9.17, 15) is 4.79 Å². The van der Waals surface area contributed by atoms with Gasteiger partial charge in [-0.3, -0.25) is 4.90 Å². The summed E-state index contributed by atoms with van der Waals surface area (Å²) in [6, 6.07) is 0. The van der Waals surface area contributed by atoms with Gasteiger partial charge in [0.05, 0.1) is 16.8 Å². The molecule has 3 aromatic rings. The molecule has 2 fully saturated rings. The Bertz CT molecular complexity index is 1350. The number of carbonyl (C=O) groups excluding carboxylic acids is 1. The monoisotopic (exact) mass is 553 g/mol. The van der Waals surface area contributed by atoms with Gasteiger partial charge >= 0.3 is 6.16 Å². The van der Waals surface area contributed by atoms with Crippen molar-refractivity contribution in [3.8, 4) is 0 Å². The zero-order chi connectivity index (χ0) is 27.0. The second-order valence-electron chi connectivity index (χ2n) is 11.6.